The van der Waals surface area contributed by atoms with Crippen LogP contribution in [0.25, 0.3) is 0 Å². The molecular weight excluding hydrogens is 272 g/mol. The normalized spacial score (nSPS) is 12.7. The minimum atomic E-state index is 0.449. The fourth-order valence-electron chi connectivity index (χ4n) is 2.21. The third kappa shape index (κ3) is 6.12. The van der Waals surface area contributed by atoms with Gasteiger partial charge in [0.1, 0.15) is 5.75 Å². The zero-order valence-electron chi connectivity index (χ0n) is 13.1. The third-order valence-corrected chi connectivity index (χ3v) is 3.55. The largest absolute Gasteiger partial charge is 0.496 e. The summed E-state index contributed by atoms with van der Waals surface area (Å²) < 4.78 is 5.43. The minimum Gasteiger partial charge on any atom is -0.496 e. The van der Waals surface area contributed by atoms with Crippen LogP contribution in [0.15, 0.2) is 18.2 Å². The van der Waals surface area contributed by atoms with Crippen molar-refractivity contribution < 1.29 is 4.74 Å². The lowest BCUT2D eigenvalue weighted by Crippen LogP contribution is -2.34. The number of rotatable bonds is 9. The molecule has 0 aliphatic heterocycles. The molecule has 20 heavy (non-hydrogen) atoms. The Balaban J connectivity index is 2.73. The summed E-state index contributed by atoms with van der Waals surface area (Å²) in [4.78, 5) is 2.22. The molecule has 114 valence electrons. The Morgan fingerprint density at radius 3 is 2.70 bits per heavy atom. The summed E-state index contributed by atoms with van der Waals surface area (Å²) in [7, 11) is 5.93. The first-order valence-electron chi connectivity index (χ1n) is 7.27. The molecule has 0 saturated heterocycles. The summed E-state index contributed by atoms with van der Waals surface area (Å²) in [6.45, 7) is 4.31. The van der Waals surface area contributed by atoms with Crippen LogP contribution >= 0.6 is 11.6 Å². The Bertz CT molecular complexity index is 396. The molecule has 0 radical (unpaired) electrons. The molecule has 1 aromatic rings. The molecule has 0 bridgehead atoms. The maximum atomic E-state index is 6.10. The van der Waals surface area contributed by atoms with Crippen LogP contribution < -0.4 is 10.1 Å². The lowest BCUT2D eigenvalue weighted by Gasteiger charge is -2.22. The lowest BCUT2D eigenvalue weighted by molar-refractivity contribution is 0.352. The Morgan fingerprint density at radius 2 is 2.10 bits per heavy atom. The highest BCUT2D eigenvalue weighted by molar-refractivity contribution is 6.30. The summed E-state index contributed by atoms with van der Waals surface area (Å²) in [5, 5.41) is 4.39. The Labute approximate surface area is 128 Å². The van der Waals surface area contributed by atoms with Gasteiger partial charge in [-0.1, -0.05) is 18.5 Å². The van der Waals surface area contributed by atoms with E-state index in [0.717, 1.165) is 43.1 Å². The van der Waals surface area contributed by atoms with Gasteiger partial charge in [-0.25, -0.2) is 0 Å². The first-order valence-corrected chi connectivity index (χ1v) is 7.65. The molecule has 1 unspecified atom stereocenters. The zero-order chi connectivity index (χ0) is 15.0. The fraction of sp³-hybridized carbons (Fsp3) is 0.625. The van der Waals surface area contributed by atoms with E-state index < -0.39 is 0 Å². The van der Waals surface area contributed by atoms with Crippen molar-refractivity contribution in [3.63, 3.8) is 0 Å². The minimum absolute atomic E-state index is 0.449. The van der Waals surface area contributed by atoms with E-state index in [-0.39, 0.29) is 0 Å². The van der Waals surface area contributed by atoms with Crippen LogP contribution in [0.1, 0.15) is 25.3 Å². The van der Waals surface area contributed by atoms with Gasteiger partial charge in [-0.3, -0.25) is 0 Å². The van der Waals surface area contributed by atoms with Crippen molar-refractivity contribution in [1.29, 1.82) is 0 Å². The lowest BCUT2D eigenvalue weighted by atomic mass is 10.0. The molecule has 0 aliphatic rings. The number of methoxy groups -OCH3 is 1. The van der Waals surface area contributed by atoms with Gasteiger partial charge in [0, 0.05) is 11.1 Å². The van der Waals surface area contributed by atoms with E-state index in [1.165, 1.54) is 5.56 Å². The second kappa shape index (κ2) is 9.22. The summed E-state index contributed by atoms with van der Waals surface area (Å²) in [6, 6.07) is 6.28. The van der Waals surface area contributed by atoms with E-state index >= 15 is 0 Å². The van der Waals surface area contributed by atoms with E-state index in [1.54, 1.807) is 7.11 Å². The van der Waals surface area contributed by atoms with Gasteiger partial charge in [-0.15, -0.1) is 0 Å². The molecule has 3 nitrogen and oxygen atoms in total. The van der Waals surface area contributed by atoms with Gasteiger partial charge in [0.15, 0.2) is 0 Å². The highest BCUT2D eigenvalue weighted by Gasteiger charge is 2.13. The van der Waals surface area contributed by atoms with Gasteiger partial charge in [0.05, 0.1) is 7.11 Å². The summed E-state index contributed by atoms with van der Waals surface area (Å²) in [5.41, 5.74) is 1.17. The summed E-state index contributed by atoms with van der Waals surface area (Å²) in [5.74, 6) is 0.919. The van der Waals surface area contributed by atoms with E-state index in [1.807, 2.05) is 18.2 Å². The van der Waals surface area contributed by atoms with E-state index in [4.69, 9.17) is 16.3 Å². The van der Waals surface area contributed by atoms with Crippen molar-refractivity contribution in [2.75, 3.05) is 34.3 Å². The monoisotopic (exact) mass is 298 g/mol. The average molecular weight is 299 g/mol. The molecule has 0 heterocycles. The number of nitrogens with one attached hydrogen (secondary N) is 1. The van der Waals surface area contributed by atoms with E-state index in [2.05, 4.69) is 31.2 Å². The van der Waals surface area contributed by atoms with Crippen LogP contribution in [-0.2, 0) is 6.42 Å². The maximum absolute atomic E-state index is 6.10. The van der Waals surface area contributed by atoms with Crippen LogP contribution in [0.5, 0.6) is 5.75 Å². The number of hydrogen-bond donors (Lipinski definition) is 1. The van der Waals surface area contributed by atoms with Crippen molar-refractivity contribution in [2.45, 2.75) is 32.2 Å². The van der Waals surface area contributed by atoms with Gasteiger partial charge < -0.3 is 15.0 Å². The van der Waals surface area contributed by atoms with Gasteiger partial charge in [-0.05, 0) is 70.2 Å². The van der Waals surface area contributed by atoms with Crippen LogP contribution in [-0.4, -0.2) is 45.2 Å². The number of halogens is 1. The predicted molar refractivity (Wildman–Crippen MR) is 87.0 cm³/mol. The van der Waals surface area contributed by atoms with E-state index in [0.29, 0.717) is 6.04 Å². The molecular formula is C16H27ClN2O. The first-order chi connectivity index (χ1) is 9.56. The van der Waals surface area contributed by atoms with Crippen molar-refractivity contribution >= 4 is 11.6 Å². The summed E-state index contributed by atoms with van der Waals surface area (Å²) in [6.07, 6.45) is 3.20. The zero-order valence-corrected chi connectivity index (χ0v) is 13.8. The number of nitrogens with zero attached hydrogens (tertiary/aromatic N) is 1. The van der Waals surface area contributed by atoms with Gasteiger partial charge in [0.2, 0.25) is 0 Å². The fourth-order valence-corrected chi connectivity index (χ4v) is 2.41. The molecule has 0 spiro atoms. The maximum Gasteiger partial charge on any atom is 0.122 e. The molecule has 0 fully saturated rings. The molecule has 4 heteroatoms. The molecule has 1 aromatic carbocycles. The second-order valence-electron chi connectivity index (χ2n) is 5.40. The first kappa shape index (κ1) is 17.3. The standard InChI is InChI=1S/C16H27ClN2O/c1-5-9-18-15(8-10-19(2)3)12-13-11-14(17)6-7-16(13)20-4/h6-7,11,15,18H,5,8-10,12H2,1-4H3. The second-order valence-corrected chi connectivity index (χ2v) is 5.84. The number of benzene rings is 1. The van der Waals surface area contributed by atoms with E-state index in [9.17, 15) is 0 Å². The number of ether oxygens (including phenoxy) is 1. The summed E-state index contributed by atoms with van der Waals surface area (Å²) >= 11 is 6.10. The molecule has 1 atom stereocenters. The van der Waals surface area contributed by atoms with Gasteiger partial charge >= 0.3 is 0 Å². The third-order valence-electron chi connectivity index (χ3n) is 3.32. The number of hydrogen-bond acceptors (Lipinski definition) is 3. The average Bonchev–Trinajstić information content (AvgIpc) is 2.42. The molecule has 1 rings (SSSR count). The van der Waals surface area contributed by atoms with Crippen LogP contribution in [0.3, 0.4) is 0 Å². The van der Waals surface area contributed by atoms with Gasteiger partial charge in [0.25, 0.3) is 0 Å². The Morgan fingerprint density at radius 1 is 1.35 bits per heavy atom. The molecule has 1 N–H and O–H groups in total. The van der Waals surface area contributed by atoms with Crippen molar-refractivity contribution in [1.82, 2.24) is 10.2 Å². The Hall–Kier alpha value is -0.770. The smallest absolute Gasteiger partial charge is 0.122 e. The highest BCUT2D eigenvalue weighted by atomic mass is 35.5. The quantitative estimate of drug-likeness (QED) is 0.757. The Kier molecular flexibility index (Phi) is 7.97. The van der Waals surface area contributed by atoms with Crippen molar-refractivity contribution in [3.8, 4) is 5.75 Å². The topological polar surface area (TPSA) is 24.5 Å². The SMILES string of the molecule is CCCNC(CCN(C)C)Cc1cc(Cl)ccc1OC. The molecule has 0 aromatic heterocycles. The van der Waals surface area contributed by atoms with Gasteiger partial charge in [-0.2, -0.15) is 0 Å². The molecule has 0 amide bonds. The highest BCUT2D eigenvalue weighted by Crippen LogP contribution is 2.24. The van der Waals surface area contributed by atoms with Crippen molar-refractivity contribution in [2.24, 2.45) is 0 Å². The van der Waals surface area contributed by atoms with Crippen LogP contribution in [0.4, 0.5) is 0 Å². The van der Waals surface area contributed by atoms with Crippen LogP contribution in [0, 0.1) is 0 Å². The molecule has 0 aliphatic carbocycles. The molecule has 0 saturated carbocycles. The van der Waals surface area contributed by atoms with Crippen molar-refractivity contribution in [3.05, 3.63) is 28.8 Å². The predicted octanol–water partition coefficient (Wildman–Crippen LogP) is 3.21. The van der Waals surface area contributed by atoms with Crippen LogP contribution in [0.2, 0.25) is 5.02 Å².